The highest BCUT2D eigenvalue weighted by atomic mass is 16.6. The maximum atomic E-state index is 13.6. The molecule has 6 nitrogen and oxygen atoms in total. The largest absolute Gasteiger partial charge is 0.449 e. The van der Waals surface area contributed by atoms with Gasteiger partial charge in [-0.2, -0.15) is 0 Å². The smallest absolute Gasteiger partial charge is 0.339 e. The van der Waals surface area contributed by atoms with E-state index in [9.17, 15) is 9.59 Å². The van der Waals surface area contributed by atoms with Crippen molar-refractivity contribution >= 4 is 17.6 Å². The third kappa shape index (κ3) is 3.30. The minimum absolute atomic E-state index is 0.0692. The van der Waals surface area contributed by atoms with Crippen molar-refractivity contribution in [3.8, 4) is 0 Å². The summed E-state index contributed by atoms with van der Waals surface area (Å²) in [7, 11) is 0. The Morgan fingerprint density at radius 1 is 1.03 bits per heavy atom. The SMILES string of the molecule is CC(C)(C(=O)N1CC[C@@]2(C1)OC(=O)c1ccccc12)c1ccc(N2CCNCC2)cc1. The van der Waals surface area contributed by atoms with Gasteiger partial charge in [0.1, 0.15) is 0 Å². The molecule has 162 valence electrons. The molecular formula is C25H29N3O3. The number of piperazine rings is 1. The Bertz CT molecular complexity index is 1010. The van der Waals surface area contributed by atoms with Gasteiger partial charge in [0.15, 0.2) is 5.60 Å². The van der Waals surface area contributed by atoms with E-state index in [0.29, 0.717) is 25.1 Å². The molecule has 2 saturated heterocycles. The van der Waals surface area contributed by atoms with Gasteiger partial charge < -0.3 is 19.9 Å². The first-order chi connectivity index (χ1) is 14.9. The van der Waals surface area contributed by atoms with Crippen LogP contribution < -0.4 is 10.2 Å². The Balaban J connectivity index is 1.34. The quantitative estimate of drug-likeness (QED) is 0.775. The lowest BCUT2D eigenvalue weighted by atomic mass is 9.83. The molecule has 0 aromatic heterocycles. The van der Waals surface area contributed by atoms with Crippen molar-refractivity contribution in [1.82, 2.24) is 10.2 Å². The first kappa shape index (κ1) is 20.1. The van der Waals surface area contributed by atoms with E-state index < -0.39 is 11.0 Å². The maximum Gasteiger partial charge on any atom is 0.339 e. The number of rotatable bonds is 3. The topological polar surface area (TPSA) is 61.9 Å². The fraction of sp³-hybridized carbons (Fsp3) is 0.440. The molecule has 2 aromatic carbocycles. The van der Waals surface area contributed by atoms with Crippen LogP contribution >= 0.6 is 0 Å². The summed E-state index contributed by atoms with van der Waals surface area (Å²) in [6.07, 6.45) is 0.638. The zero-order chi connectivity index (χ0) is 21.6. The average Bonchev–Trinajstić information content (AvgIpc) is 3.35. The molecule has 1 atom stereocenters. The number of carbonyl (C=O) groups is 2. The number of fused-ring (bicyclic) bond motifs is 2. The molecule has 2 aromatic rings. The zero-order valence-corrected chi connectivity index (χ0v) is 18.2. The second-order valence-corrected chi connectivity index (χ2v) is 9.32. The van der Waals surface area contributed by atoms with Crippen LogP contribution in [0.3, 0.4) is 0 Å². The summed E-state index contributed by atoms with van der Waals surface area (Å²) in [5, 5.41) is 3.37. The number of esters is 1. The van der Waals surface area contributed by atoms with Gasteiger partial charge in [-0.15, -0.1) is 0 Å². The number of carbonyl (C=O) groups excluding carboxylic acids is 2. The highest BCUT2D eigenvalue weighted by Crippen LogP contribution is 2.44. The molecule has 6 heteroatoms. The molecule has 1 N–H and O–H groups in total. The molecule has 0 bridgehead atoms. The number of nitrogens with one attached hydrogen (secondary N) is 1. The van der Waals surface area contributed by atoms with E-state index in [1.54, 1.807) is 6.07 Å². The number of hydrogen-bond donors (Lipinski definition) is 1. The van der Waals surface area contributed by atoms with Gasteiger partial charge in [0.05, 0.1) is 17.5 Å². The van der Waals surface area contributed by atoms with E-state index in [-0.39, 0.29) is 11.9 Å². The molecule has 3 heterocycles. The molecule has 1 amide bonds. The molecule has 2 fully saturated rings. The number of hydrogen-bond acceptors (Lipinski definition) is 5. The Labute approximate surface area is 183 Å². The minimum atomic E-state index is -0.703. The zero-order valence-electron chi connectivity index (χ0n) is 18.2. The molecule has 5 rings (SSSR count). The summed E-state index contributed by atoms with van der Waals surface area (Å²) >= 11 is 0. The molecule has 31 heavy (non-hydrogen) atoms. The average molecular weight is 420 g/mol. The summed E-state index contributed by atoms with van der Waals surface area (Å²) in [4.78, 5) is 30.1. The second kappa shape index (κ2) is 7.38. The highest BCUT2D eigenvalue weighted by Gasteiger charge is 2.52. The molecule has 0 saturated carbocycles. The van der Waals surface area contributed by atoms with E-state index in [0.717, 1.165) is 37.3 Å². The number of ether oxygens (including phenoxy) is 1. The number of amides is 1. The summed E-state index contributed by atoms with van der Waals surface area (Å²) in [5.74, 6) is -0.215. The van der Waals surface area contributed by atoms with Gasteiger partial charge in [0.25, 0.3) is 0 Å². The number of nitrogens with zero attached hydrogens (tertiary/aromatic N) is 2. The van der Waals surface area contributed by atoms with Crippen LogP contribution in [0.25, 0.3) is 0 Å². The number of benzene rings is 2. The molecule has 0 unspecified atom stereocenters. The molecule has 1 spiro atoms. The van der Waals surface area contributed by atoms with Gasteiger partial charge in [0.2, 0.25) is 5.91 Å². The fourth-order valence-corrected chi connectivity index (χ4v) is 5.14. The van der Waals surface area contributed by atoms with Crippen LogP contribution in [-0.2, 0) is 20.5 Å². The van der Waals surface area contributed by atoms with Crippen molar-refractivity contribution in [3.63, 3.8) is 0 Å². The molecular weight excluding hydrogens is 390 g/mol. The Morgan fingerprint density at radius 3 is 2.48 bits per heavy atom. The summed E-state index contributed by atoms with van der Waals surface area (Å²) in [5.41, 5.74) is 2.37. The van der Waals surface area contributed by atoms with Gasteiger partial charge in [-0.3, -0.25) is 4.79 Å². The maximum absolute atomic E-state index is 13.6. The summed E-state index contributed by atoms with van der Waals surface area (Å²) in [6.45, 7) is 8.95. The van der Waals surface area contributed by atoms with E-state index in [2.05, 4.69) is 34.5 Å². The van der Waals surface area contributed by atoms with E-state index in [4.69, 9.17) is 4.74 Å². The molecule has 3 aliphatic heterocycles. The molecule has 3 aliphatic rings. The van der Waals surface area contributed by atoms with Gasteiger partial charge in [-0.25, -0.2) is 4.79 Å². The van der Waals surface area contributed by atoms with E-state index in [1.165, 1.54) is 5.69 Å². The van der Waals surface area contributed by atoms with Crippen LogP contribution in [0.15, 0.2) is 48.5 Å². The third-order valence-electron chi connectivity index (χ3n) is 7.05. The van der Waals surface area contributed by atoms with Crippen molar-refractivity contribution in [1.29, 1.82) is 0 Å². The normalized spacial score (nSPS) is 23.2. The van der Waals surface area contributed by atoms with E-state index >= 15 is 0 Å². The van der Waals surface area contributed by atoms with Crippen LogP contribution in [-0.4, -0.2) is 56.0 Å². The van der Waals surface area contributed by atoms with Gasteiger partial charge in [0, 0.05) is 50.4 Å². The highest BCUT2D eigenvalue weighted by molar-refractivity contribution is 5.95. The first-order valence-electron chi connectivity index (χ1n) is 11.1. The van der Waals surface area contributed by atoms with Crippen molar-refractivity contribution in [2.24, 2.45) is 0 Å². The van der Waals surface area contributed by atoms with Crippen LogP contribution in [0.5, 0.6) is 0 Å². The second-order valence-electron chi connectivity index (χ2n) is 9.32. The Hall–Kier alpha value is -2.86. The van der Waals surface area contributed by atoms with Crippen molar-refractivity contribution in [2.75, 3.05) is 44.2 Å². The number of likely N-dealkylation sites (tertiary alicyclic amines) is 1. The number of anilines is 1. The summed E-state index contributed by atoms with van der Waals surface area (Å²) < 4.78 is 5.82. The van der Waals surface area contributed by atoms with Crippen LogP contribution in [0, 0.1) is 0 Å². The fourth-order valence-electron chi connectivity index (χ4n) is 5.14. The summed E-state index contributed by atoms with van der Waals surface area (Å²) in [6, 6.07) is 15.9. The minimum Gasteiger partial charge on any atom is -0.449 e. The monoisotopic (exact) mass is 419 g/mol. The lowest BCUT2D eigenvalue weighted by Gasteiger charge is -2.32. The predicted octanol–water partition coefficient (Wildman–Crippen LogP) is 2.67. The third-order valence-corrected chi connectivity index (χ3v) is 7.05. The molecule has 0 aliphatic carbocycles. The lowest BCUT2D eigenvalue weighted by Crippen LogP contribution is -2.44. The standard InChI is InChI=1S/C25H29N3O3/c1-24(2,18-7-9-19(10-8-18)27-15-12-26-13-16-27)23(30)28-14-11-25(17-28)21-6-4-3-5-20(21)22(29)31-25/h3-10,26H,11-17H2,1-2H3/t25-/m0/s1. The lowest BCUT2D eigenvalue weighted by molar-refractivity contribution is -0.136. The Kier molecular flexibility index (Phi) is 4.77. The van der Waals surface area contributed by atoms with Crippen molar-refractivity contribution in [2.45, 2.75) is 31.3 Å². The van der Waals surface area contributed by atoms with Crippen molar-refractivity contribution < 1.29 is 14.3 Å². The van der Waals surface area contributed by atoms with Gasteiger partial charge in [-0.05, 0) is 37.6 Å². The first-order valence-corrected chi connectivity index (χ1v) is 11.1. The molecule has 0 radical (unpaired) electrons. The van der Waals surface area contributed by atoms with Crippen LogP contribution in [0.2, 0.25) is 0 Å². The van der Waals surface area contributed by atoms with Crippen LogP contribution in [0.4, 0.5) is 5.69 Å². The van der Waals surface area contributed by atoms with E-state index in [1.807, 2.05) is 36.9 Å². The van der Waals surface area contributed by atoms with Gasteiger partial charge in [-0.1, -0.05) is 30.3 Å². The predicted molar refractivity (Wildman–Crippen MR) is 119 cm³/mol. The van der Waals surface area contributed by atoms with Crippen LogP contribution in [0.1, 0.15) is 41.8 Å². The van der Waals surface area contributed by atoms with Crippen molar-refractivity contribution in [3.05, 3.63) is 65.2 Å². The Morgan fingerprint density at radius 2 is 1.74 bits per heavy atom. The van der Waals surface area contributed by atoms with Gasteiger partial charge >= 0.3 is 5.97 Å².